The van der Waals surface area contributed by atoms with Crippen molar-refractivity contribution in [3.8, 4) is 0 Å². The van der Waals surface area contributed by atoms with Gasteiger partial charge in [0.25, 0.3) is 5.91 Å². The molecule has 0 aliphatic heterocycles. The maximum absolute atomic E-state index is 12.7. The fourth-order valence-electron chi connectivity index (χ4n) is 2.75. The van der Waals surface area contributed by atoms with E-state index in [-0.39, 0.29) is 5.91 Å². The van der Waals surface area contributed by atoms with E-state index in [0.29, 0.717) is 35.3 Å². The predicted molar refractivity (Wildman–Crippen MR) is 118 cm³/mol. The third kappa shape index (κ3) is 5.47. The molecular formula is C20H23N5O3S2. The number of rotatable bonds is 10. The van der Waals surface area contributed by atoms with E-state index < -0.39 is 11.2 Å². The lowest BCUT2D eigenvalue weighted by Crippen LogP contribution is -2.24. The van der Waals surface area contributed by atoms with Gasteiger partial charge in [0.15, 0.2) is 5.16 Å². The third-order valence-corrected chi connectivity index (χ3v) is 6.25. The van der Waals surface area contributed by atoms with Gasteiger partial charge in [0.2, 0.25) is 5.91 Å². The van der Waals surface area contributed by atoms with Crippen LogP contribution in [0.1, 0.15) is 28.7 Å². The van der Waals surface area contributed by atoms with Gasteiger partial charge in [-0.05, 0) is 23.9 Å². The SMILES string of the molecule is COCCn1c(Cc2ccccc2)nnc1S[C@H](C)C(=O)Nc1sccc1C(N)=O. The van der Waals surface area contributed by atoms with Crippen LogP contribution in [0.25, 0.3) is 0 Å². The highest BCUT2D eigenvalue weighted by Crippen LogP contribution is 2.27. The van der Waals surface area contributed by atoms with E-state index in [1.165, 1.54) is 23.1 Å². The number of anilines is 1. The summed E-state index contributed by atoms with van der Waals surface area (Å²) in [5, 5.41) is 13.8. The Labute approximate surface area is 182 Å². The molecule has 1 atom stereocenters. The maximum Gasteiger partial charge on any atom is 0.251 e. The highest BCUT2D eigenvalue weighted by atomic mass is 32.2. The van der Waals surface area contributed by atoms with E-state index in [4.69, 9.17) is 10.5 Å². The summed E-state index contributed by atoms with van der Waals surface area (Å²) < 4.78 is 7.20. The Morgan fingerprint density at radius 2 is 2.03 bits per heavy atom. The fraction of sp³-hybridized carbons (Fsp3) is 0.300. The van der Waals surface area contributed by atoms with Crippen LogP contribution in [-0.4, -0.2) is 45.5 Å². The second kappa shape index (κ2) is 10.4. The maximum atomic E-state index is 12.7. The largest absolute Gasteiger partial charge is 0.383 e. The summed E-state index contributed by atoms with van der Waals surface area (Å²) in [4.78, 5) is 24.1. The van der Waals surface area contributed by atoms with E-state index in [0.717, 1.165) is 11.4 Å². The molecule has 0 aliphatic rings. The molecule has 3 aromatic rings. The van der Waals surface area contributed by atoms with Gasteiger partial charge < -0.3 is 20.4 Å². The van der Waals surface area contributed by atoms with Crippen molar-refractivity contribution >= 4 is 39.9 Å². The quantitative estimate of drug-likeness (QED) is 0.464. The molecule has 0 saturated carbocycles. The van der Waals surface area contributed by atoms with Crippen LogP contribution in [0.3, 0.4) is 0 Å². The van der Waals surface area contributed by atoms with Gasteiger partial charge in [0.1, 0.15) is 10.8 Å². The predicted octanol–water partition coefficient (Wildman–Crippen LogP) is 2.79. The number of amides is 2. The van der Waals surface area contributed by atoms with Gasteiger partial charge in [-0.25, -0.2) is 0 Å². The highest BCUT2D eigenvalue weighted by molar-refractivity contribution is 8.00. The van der Waals surface area contributed by atoms with Gasteiger partial charge >= 0.3 is 0 Å². The summed E-state index contributed by atoms with van der Waals surface area (Å²) in [6.45, 7) is 2.87. The summed E-state index contributed by atoms with van der Waals surface area (Å²) >= 11 is 2.56. The van der Waals surface area contributed by atoms with Gasteiger partial charge in [0.05, 0.1) is 17.4 Å². The van der Waals surface area contributed by atoms with Crippen molar-refractivity contribution in [1.29, 1.82) is 0 Å². The van der Waals surface area contributed by atoms with Crippen LogP contribution >= 0.6 is 23.1 Å². The van der Waals surface area contributed by atoms with Crippen molar-refractivity contribution in [3.05, 3.63) is 58.7 Å². The van der Waals surface area contributed by atoms with Crippen LogP contribution in [0.4, 0.5) is 5.00 Å². The minimum Gasteiger partial charge on any atom is -0.383 e. The first-order valence-corrected chi connectivity index (χ1v) is 11.0. The number of thioether (sulfide) groups is 1. The first kappa shape index (κ1) is 22.0. The molecule has 0 aliphatic carbocycles. The van der Waals surface area contributed by atoms with Crippen molar-refractivity contribution in [1.82, 2.24) is 14.8 Å². The molecule has 0 unspecified atom stereocenters. The van der Waals surface area contributed by atoms with Crippen LogP contribution in [0, 0.1) is 0 Å². The van der Waals surface area contributed by atoms with Crippen LogP contribution in [0.15, 0.2) is 46.9 Å². The molecule has 0 spiro atoms. The Kier molecular flexibility index (Phi) is 7.61. The molecule has 0 saturated heterocycles. The lowest BCUT2D eigenvalue weighted by Gasteiger charge is -2.13. The lowest BCUT2D eigenvalue weighted by atomic mass is 10.1. The molecule has 2 aromatic heterocycles. The third-order valence-electron chi connectivity index (χ3n) is 4.34. The number of nitrogens with one attached hydrogen (secondary N) is 1. The number of carbonyl (C=O) groups excluding carboxylic acids is 2. The summed E-state index contributed by atoms with van der Waals surface area (Å²) in [7, 11) is 1.64. The fourth-order valence-corrected chi connectivity index (χ4v) is 4.44. The minimum atomic E-state index is -0.572. The molecule has 0 bridgehead atoms. The molecule has 158 valence electrons. The average molecular weight is 446 g/mol. The van der Waals surface area contributed by atoms with E-state index in [9.17, 15) is 9.59 Å². The highest BCUT2D eigenvalue weighted by Gasteiger charge is 2.22. The standard InChI is InChI=1S/C20H23N5O3S2/c1-13(18(27)22-19-15(17(21)26)8-11-29-19)30-20-24-23-16(25(20)9-10-28-2)12-14-6-4-3-5-7-14/h3-8,11,13H,9-10,12H2,1-2H3,(H2,21,26)(H,22,27)/t13-/m1/s1. The minimum absolute atomic E-state index is 0.240. The summed E-state index contributed by atoms with van der Waals surface area (Å²) in [5.74, 6) is -0.00445. The number of hydrogen-bond donors (Lipinski definition) is 2. The number of carbonyl (C=O) groups is 2. The Hall–Kier alpha value is -2.69. The van der Waals surface area contributed by atoms with Gasteiger partial charge in [-0.15, -0.1) is 21.5 Å². The average Bonchev–Trinajstić information content (AvgIpc) is 3.34. The molecule has 10 heteroatoms. The number of primary amides is 1. The molecule has 30 heavy (non-hydrogen) atoms. The first-order chi connectivity index (χ1) is 14.5. The Bertz CT molecular complexity index is 1000. The molecule has 3 N–H and O–H groups in total. The monoisotopic (exact) mass is 445 g/mol. The molecule has 0 radical (unpaired) electrons. The van der Waals surface area contributed by atoms with Gasteiger partial charge in [-0.3, -0.25) is 9.59 Å². The van der Waals surface area contributed by atoms with Crippen molar-refractivity contribution in [2.24, 2.45) is 5.73 Å². The second-order valence-electron chi connectivity index (χ2n) is 6.48. The number of nitrogens with two attached hydrogens (primary N) is 1. The number of nitrogens with zero attached hydrogens (tertiary/aromatic N) is 3. The zero-order valence-corrected chi connectivity index (χ0v) is 18.3. The lowest BCUT2D eigenvalue weighted by molar-refractivity contribution is -0.115. The molecule has 2 heterocycles. The van der Waals surface area contributed by atoms with E-state index in [1.54, 1.807) is 25.5 Å². The number of hydrogen-bond acceptors (Lipinski definition) is 7. The second-order valence-corrected chi connectivity index (χ2v) is 8.71. The molecular weight excluding hydrogens is 422 g/mol. The topological polar surface area (TPSA) is 112 Å². The van der Waals surface area contributed by atoms with Gasteiger partial charge in [0, 0.05) is 20.1 Å². The molecule has 8 nitrogen and oxygen atoms in total. The van der Waals surface area contributed by atoms with Crippen molar-refractivity contribution < 1.29 is 14.3 Å². The van der Waals surface area contributed by atoms with E-state index >= 15 is 0 Å². The van der Waals surface area contributed by atoms with Gasteiger partial charge in [-0.2, -0.15) is 0 Å². The zero-order valence-electron chi connectivity index (χ0n) is 16.7. The van der Waals surface area contributed by atoms with E-state index in [2.05, 4.69) is 15.5 Å². The van der Waals surface area contributed by atoms with Crippen LogP contribution < -0.4 is 11.1 Å². The molecule has 0 fully saturated rings. The number of ether oxygens (including phenoxy) is 1. The van der Waals surface area contributed by atoms with Crippen LogP contribution in [0.5, 0.6) is 0 Å². The van der Waals surface area contributed by atoms with Crippen LogP contribution in [0.2, 0.25) is 0 Å². The molecule has 1 aromatic carbocycles. The van der Waals surface area contributed by atoms with Crippen molar-refractivity contribution in [2.75, 3.05) is 19.0 Å². The molecule has 2 amide bonds. The van der Waals surface area contributed by atoms with Crippen molar-refractivity contribution in [2.45, 2.75) is 30.3 Å². The normalized spacial score (nSPS) is 11.9. The Morgan fingerprint density at radius 1 is 1.27 bits per heavy atom. The summed E-state index contributed by atoms with van der Waals surface area (Å²) in [6.07, 6.45) is 0.635. The smallest absolute Gasteiger partial charge is 0.251 e. The Balaban J connectivity index is 1.73. The van der Waals surface area contributed by atoms with Crippen LogP contribution in [-0.2, 0) is 22.5 Å². The zero-order chi connectivity index (χ0) is 21.5. The number of methoxy groups -OCH3 is 1. The van der Waals surface area contributed by atoms with Crippen molar-refractivity contribution in [3.63, 3.8) is 0 Å². The number of thiophene rings is 1. The first-order valence-electron chi connectivity index (χ1n) is 9.29. The number of aromatic nitrogens is 3. The number of benzene rings is 1. The summed E-state index contributed by atoms with van der Waals surface area (Å²) in [6, 6.07) is 11.6. The summed E-state index contributed by atoms with van der Waals surface area (Å²) in [5.41, 5.74) is 6.78. The van der Waals surface area contributed by atoms with Gasteiger partial charge in [-0.1, -0.05) is 42.1 Å². The van der Waals surface area contributed by atoms with E-state index in [1.807, 2.05) is 34.9 Å². The Morgan fingerprint density at radius 3 is 2.73 bits per heavy atom. The molecule has 3 rings (SSSR count).